The van der Waals surface area contributed by atoms with Gasteiger partial charge in [0.1, 0.15) is 0 Å². The Balaban J connectivity index is 1.81. The van der Waals surface area contributed by atoms with E-state index >= 15 is 0 Å². The fourth-order valence-electron chi connectivity index (χ4n) is 2.10. The van der Waals surface area contributed by atoms with E-state index in [0.717, 1.165) is 25.0 Å². The Bertz CT molecular complexity index is 290. The molecule has 78 valence electrons. The van der Waals surface area contributed by atoms with Crippen molar-refractivity contribution in [1.82, 2.24) is 9.88 Å². The zero-order valence-electron chi connectivity index (χ0n) is 9.16. The highest BCUT2D eigenvalue weighted by Crippen LogP contribution is 2.33. The molecule has 1 heterocycles. The van der Waals surface area contributed by atoms with Gasteiger partial charge in [-0.15, -0.1) is 0 Å². The zero-order valence-corrected chi connectivity index (χ0v) is 9.16. The van der Waals surface area contributed by atoms with Crippen LogP contribution in [0.25, 0.3) is 0 Å². The van der Waals surface area contributed by atoms with Gasteiger partial charge in [-0.3, -0.25) is 0 Å². The average molecular weight is 192 g/mol. The van der Waals surface area contributed by atoms with Gasteiger partial charge in [0.05, 0.1) is 0 Å². The normalized spacial score (nSPS) is 25.3. The number of nitrogens with zero attached hydrogens (tertiary/aromatic N) is 1. The molecule has 0 aliphatic heterocycles. The predicted octanol–water partition coefficient (Wildman–Crippen LogP) is 2.40. The van der Waals surface area contributed by atoms with Crippen molar-refractivity contribution in [2.75, 3.05) is 0 Å². The summed E-state index contributed by atoms with van der Waals surface area (Å²) in [5, 5.41) is 3.61. The van der Waals surface area contributed by atoms with Gasteiger partial charge in [0.15, 0.2) is 0 Å². The van der Waals surface area contributed by atoms with E-state index in [0.29, 0.717) is 0 Å². The molecule has 2 unspecified atom stereocenters. The summed E-state index contributed by atoms with van der Waals surface area (Å²) >= 11 is 0. The summed E-state index contributed by atoms with van der Waals surface area (Å²) in [5.74, 6) is 0.944. The lowest BCUT2D eigenvalue weighted by Crippen LogP contribution is -2.19. The van der Waals surface area contributed by atoms with E-state index < -0.39 is 0 Å². The highest BCUT2D eigenvalue weighted by Gasteiger charge is 2.34. The Kier molecular flexibility index (Phi) is 2.92. The highest BCUT2D eigenvalue weighted by molar-refractivity contribution is 5.07. The molecule has 1 aromatic heterocycles. The molecule has 2 rings (SSSR count). The third-order valence-electron chi connectivity index (χ3n) is 3.26. The Morgan fingerprint density at radius 3 is 3.00 bits per heavy atom. The second-order valence-corrected chi connectivity index (χ2v) is 4.18. The minimum atomic E-state index is 0.792. The molecule has 0 aromatic carbocycles. The second kappa shape index (κ2) is 4.18. The Morgan fingerprint density at radius 2 is 2.36 bits per heavy atom. The summed E-state index contributed by atoms with van der Waals surface area (Å²) in [6, 6.07) is 5.13. The third-order valence-corrected chi connectivity index (χ3v) is 3.26. The summed E-state index contributed by atoms with van der Waals surface area (Å²) in [6.07, 6.45) is 4.86. The maximum Gasteiger partial charge on any atom is 0.0361 e. The lowest BCUT2D eigenvalue weighted by molar-refractivity contribution is 0.591. The van der Waals surface area contributed by atoms with Crippen LogP contribution in [0.2, 0.25) is 0 Å². The van der Waals surface area contributed by atoms with Crippen LogP contribution in [0.3, 0.4) is 0 Å². The van der Waals surface area contributed by atoms with Gasteiger partial charge in [-0.25, -0.2) is 0 Å². The Morgan fingerprint density at radius 1 is 1.50 bits per heavy atom. The first-order chi connectivity index (χ1) is 6.85. The van der Waals surface area contributed by atoms with E-state index in [1.807, 2.05) is 0 Å². The second-order valence-electron chi connectivity index (χ2n) is 4.18. The largest absolute Gasteiger partial charge is 0.351 e. The molecule has 2 heteroatoms. The fourth-order valence-corrected chi connectivity index (χ4v) is 2.10. The summed E-state index contributed by atoms with van der Waals surface area (Å²) in [5.41, 5.74) is 1.41. The van der Waals surface area contributed by atoms with Crippen molar-refractivity contribution in [3.8, 4) is 0 Å². The van der Waals surface area contributed by atoms with Crippen LogP contribution < -0.4 is 5.32 Å². The number of hydrogen-bond donors (Lipinski definition) is 1. The maximum atomic E-state index is 3.61. The van der Waals surface area contributed by atoms with E-state index in [4.69, 9.17) is 0 Å². The topological polar surface area (TPSA) is 17.0 Å². The monoisotopic (exact) mass is 192 g/mol. The number of hydrogen-bond acceptors (Lipinski definition) is 1. The molecule has 1 aliphatic carbocycles. The van der Waals surface area contributed by atoms with Crippen LogP contribution in [0.5, 0.6) is 0 Å². The predicted molar refractivity (Wildman–Crippen MR) is 59.1 cm³/mol. The van der Waals surface area contributed by atoms with Crippen molar-refractivity contribution in [3.05, 3.63) is 24.0 Å². The van der Waals surface area contributed by atoms with Crippen molar-refractivity contribution < 1.29 is 0 Å². The summed E-state index contributed by atoms with van der Waals surface area (Å²) in [6.45, 7) is 6.57. The maximum absolute atomic E-state index is 3.61. The van der Waals surface area contributed by atoms with Gasteiger partial charge >= 0.3 is 0 Å². The fraction of sp³-hybridized carbons (Fsp3) is 0.667. The first kappa shape index (κ1) is 9.78. The van der Waals surface area contributed by atoms with Crippen LogP contribution in [0.1, 0.15) is 32.4 Å². The number of nitrogens with one attached hydrogen (secondary N) is 1. The Hall–Kier alpha value is -0.760. The molecule has 0 amide bonds. The van der Waals surface area contributed by atoms with Crippen LogP contribution in [0.4, 0.5) is 0 Å². The van der Waals surface area contributed by atoms with Crippen LogP contribution in [-0.2, 0) is 13.1 Å². The van der Waals surface area contributed by atoms with Crippen LogP contribution in [-0.4, -0.2) is 10.6 Å². The SMILES string of the molecule is CCC1CC1NCc1cccn1CC. The molecule has 2 atom stereocenters. The highest BCUT2D eigenvalue weighted by atomic mass is 15.0. The van der Waals surface area contributed by atoms with Crippen molar-refractivity contribution >= 4 is 0 Å². The van der Waals surface area contributed by atoms with Gasteiger partial charge in [-0.05, 0) is 31.4 Å². The molecule has 1 N–H and O–H groups in total. The first-order valence-electron chi connectivity index (χ1n) is 5.72. The summed E-state index contributed by atoms with van der Waals surface area (Å²) < 4.78 is 2.30. The van der Waals surface area contributed by atoms with Gasteiger partial charge in [0, 0.05) is 31.0 Å². The molecular weight excluding hydrogens is 172 g/mol. The van der Waals surface area contributed by atoms with E-state index in [9.17, 15) is 0 Å². The van der Waals surface area contributed by atoms with Crippen LogP contribution in [0, 0.1) is 5.92 Å². The summed E-state index contributed by atoms with van der Waals surface area (Å²) in [7, 11) is 0. The quantitative estimate of drug-likeness (QED) is 0.758. The number of aromatic nitrogens is 1. The number of rotatable bonds is 5. The first-order valence-corrected chi connectivity index (χ1v) is 5.72. The molecule has 2 nitrogen and oxygen atoms in total. The van der Waals surface area contributed by atoms with E-state index in [1.165, 1.54) is 18.5 Å². The Labute approximate surface area is 86.3 Å². The lowest BCUT2D eigenvalue weighted by Gasteiger charge is -2.07. The van der Waals surface area contributed by atoms with Crippen molar-refractivity contribution in [2.45, 2.75) is 45.8 Å². The molecule has 0 spiro atoms. The van der Waals surface area contributed by atoms with Crippen LogP contribution in [0.15, 0.2) is 18.3 Å². The molecule has 0 radical (unpaired) electrons. The van der Waals surface area contributed by atoms with E-state index in [-0.39, 0.29) is 0 Å². The average Bonchev–Trinajstić information content (AvgIpc) is 2.83. The van der Waals surface area contributed by atoms with Crippen LogP contribution >= 0.6 is 0 Å². The van der Waals surface area contributed by atoms with Gasteiger partial charge in [-0.2, -0.15) is 0 Å². The minimum Gasteiger partial charge on any atom is -0.351 e. The van der Waals surface area contributed by atoms with Gasteiger partial charge < -0.3 is 9.88 Å². The van der Waals surface area contributed by atoms with Gasteiger partial charge in [0.2, 0.25) is 0 Å². The molecular formula is C12H20N2. The minimum absolute atomic E-state index is 0.792. The molecule has 1 aromatic rings. The molecule has 1 saturated carbocycles. The lowest BCUT2D eigenvalue weighted by atomic mass is 10.3. The molecule has 0 bridgehead atoms. The molecule has 14 heavy (non-hydrogen) atoms. The number of aryl methyl sites for hydroxylation is 1. The van der Waals surface area contributed by atoms with Crippen molar-refractivity contribution in [2.24, 2.45) is 5.92 Å². The standard InChI is InChI=1S/C12H20N2/c1-3-10-8-12(10)13-9-11-6-5-7-14(11)4-2/h5-7,10,12-13H,3-4,8-9H2,1-2H3. The van der Waals surface area contributed by atoms with Crippen molar-refractivity contribution in [3.63, 3.8) is 0 Å². The zero-order chi connectivity index (χ0) is 9.97. The molecule has 1 fully saturated rings. The van der Waals surface area contributed by atoms with Gasteiger partial charge in [-0.1, -0.05) is 13.3 Å². The smallest absolute Gasteiger partial charge is 0.0361 e. The summed E-state index contributed by atoms with van der Waals surface area (Å²) in [4.78, 5) is 0. The van der Waals surface area contributed by atoms with Gasteiger partial charge in [0.25, 0.3) is 0 Å². The molecule has 1 aliphatic rings. The van der Waals surface area contributed by atoms with Crippen molar-refractivity contribution in [1.29, 1.82) is 0 Å². The van der Waals surface area contributed by atoms with E-state index in [1.54, 1.807) is 0 Å². The third kappa shape index (κ3) is 2.01. The molecule has 0 saturated heterocycles. The van der Waals surface area contributed by atoms with E-state index in [2.05, 4.69) is 42.1 Å².